The molecule has 4 aromatic rings. The summed E-state index contributed by atoms with van der Waals surface area (Å²) in [7, 11) is 0. The molecule has 0 bridgehead atoms. The first-order chi connectivity index (χ1) is 13.9. The van der Waals surface area contributed by atoms with E-state index in [9.17, 15) is 10.1 Å². The van der Waals surface area contributed by atoms with Crippen LogP contribution in [0.2, 0.25) is 10.0 Å². The highest BCUT2D eigenvalue weighted by Gasteiger charge is 2.11. The molecule has 2 heterocycles. The minimum Gasteiger partial charge on any atom is -0.457 e. The molecule has 1 N–H and O–H groups in total. The predicted molar refractivity (Wildman–Crippen MR) is 115 cm³/mol. The van der Waals surface area contributed by atoms with Crippen molar-refractivity contribution in [1.82, 2.24) is 9.97 Å². The van der Waals surface area contributed by atoms with E-state index in [0.717, 1.165) is 11.1 Å². The van der Waals surface area contributed by atoms with Crippen LogP contribution in [0.15, 0.2) is 57.7 Å². The standard InChI is InChI=1S/C22H13Cl2N3O2/c1-12-2-5-16-19(8-12)26-21(27-22(16)28)14(11-25)9-15-4-7-20(29-15)13-3-6-17(23)18(24)10-13/h2-10H,1H3,(H,26,27,28)/b14-9+. The van der Waals surface area contributed by atoms with Crippen LogP contribution in [0.4, 0.5) is 0 Å². The lowest BCUT2D eigenvalue weighted by molar-refractivity contribution is 0.572. The van der Waals surface area contributed by atoms with Crippen molar-refractivity contribution in [3.05, 3.63) is 86.1 Å². The van der Waals surface area contributed by atoms with Gasteiger partial charge in [0, 0.05) is 11.6 Å². The number of furan rings is 1. The summed E-state index contributed by atoms with van der Waals surface area (Å²) in [5, 5.41) is 10.9. The highest BCUT2D eigenvalue weighted by atomic mass is 35.5. The number of rotatable bonds is 3. The number of nitriles is 1. The summed E-state index contributed by atoms with van der Waals surface area (Å²) in [6, 6.07) is 16.1. The molecule has 2 aromatic heterocycles. The van der Waals surface area contributed by atoms with E-state index in [1.807, 2.05) is 13.0 Å². The average Bonchev–Trinajstić information content (AvgIpc) is 3.16. The van der Waals surface area contributed by atoms with Crippen molar-refractivity contribution in [1.29, 1.82) is 5.26 Å². The summed E-state index contributed by atoms with van der Waals surface area (Å²) in [5.41, 5.74) is 2.13. The zero-order valence-electron chi connectivity index (χ0n) is 15.2. The van der Waals surface area contributed by atoms with Gasteiger partial charge >= 0.3 is 0 Å². The van der Waals surface area contributed by atoms with Gasteiger partial charge in [0.15, 0.2) is 5.82 Å². The Morgan fingerprint density at radius 3 is 2.72 bits per heavy atom. The number of nitrogens with one attached hydrogen (secondary N) is 1. The second kappa shape index (κ2) is 7.59. The normalized spacial score (nSPS) is 11.6. The molecule has 0 saturated heterocycles. The van der Waals surface area contributed by atoms with Gasteiger partial charge in [-0.05, 0) is 55.0 Å². The number of H-pyrrole nitrogens is 1. The average molecular weight is 422 g/mol. The number of fused-ring (bicyclic) bond motifs is 1. The molecule has 2 aromatic carbocycles. The molecule has 0 aliphatic rings. The predicted octanol–water partition coefficient (Wildman–Crippen LogP) is 5.86. The van der Waals surface area contributed by atoms with Crippen LogP contribution >= 0.6 is 23.2 Å². The van der Waals surface area contributed by atoms with E-state index in [1.165, 1.54) is 6.08 Å². The Morgan fingerprint density at radius 2 is 1.97 bits per heavy atom. The fourth-order valence-electron chi connectivity index (χ4n) is 2.91. The highest BCUT2D eigenvalue weighted by molar-refractivity contribution is 6.42. The van der Waals surface area contributed by atoms with Crippen molar-refractivity contribution in [3.63, 3.8) is 0 Å². The fraction of sp³-hybridized carbons (Fsp3) is 0.0455. The second-order valence-corrected chi connectivity index (χ2v) is 7.25. The lowest BCUT2D eigenvalue weighted by atomic mass is 10.1. The van der Waals surface area contributed by atoms with Gasteiger partial charge in [-0.1, -0.05) is 29.3 Å². The van der Waals surface area contributed by atoms with Gasteiger partial charge in [-0.2, -0.15) is 5.26 Å². The largest absolute Gasteiger partial charge is 0.457 e. The van der Waals surface area contributed by atoms with Crippen LogP contribution in [0.1, 0.15) is 17.1 Å². The number of allylic oxidation sites excluding steroid dienone is 1. The molecule has 0 radical (unpaired) electrons. The van der Waals surface area contributed by atoms with Gasteiger partial charge in [-0.3, -0.25) is 4.79 Å². The molecule has 0 fully saturated rings. The van der Waals surface area contributed by atoms with Gasteiger partial charge in [0.05, 0.1) is 26.5 Å². The molecule has 0 aliphatic heterocycles. The van der Waals surface area contributed by atoms with Crippen LogP contribution in [-0.2, 0) is 0 Å². The van der Waals surface area contributed by atoms with Crippen molar-refractivity contribution in [2.24, 2.45) is 0 Å². The quantitative estimate of drug-likeness (QED) is 0.419. The van der Waals surface area contributed by atoms with Gasteiger partial charge in [0.2, 0.25) is 0 Å². The number of hydrogen-bond acceptors (Lipinski definition) is 4. The summed E-state index contributed by atoms with van der Waals surface area (Å²) in [6.45, 7) is 1.91. The van der Waals surface area contributed by atoms with Crippen LogP contribution in [0.3, 0.4) is 0 Å². The number of hydrogen-bond donors (Lipinski definition) is 1. The van der Waals surface area contributed by atoms with E-state index in [1.54, 1.807) is 42.5 Å². The number of aromatic nitrogens is 2. The third-order valence-electron chi connectivity index (χ3n) is 4.36. The Hall–Kier alpha value is -3.33. The first-order valence-electron chi connectivity index (χ1n) is 8.63. The molecule has 142 valence electrons. The maximum Gasteiger partial charge on any atom is 0.259 e. The highest BCUT2D eigenvalue weighted by Crippen LogP contribution is 2.30. The zero-order valence-corrected chi connectivity index (χ0v) is 16.7. The van der Waals surface area contributed by atoms with Gasteiger partial charge in [0.1, 0.15) is 17.6 Å². The van der Waals surface area contributed by atoms with Gasteiger partial charge in [-0.15, -0.1) is 0 Å². The lowest BCUT2D eigenvalue weighted by Gasteiger charge is -2.02. The SMILES string of the molecule is Cc1ccc2c(=O)[nH]c(/C(C#N)=C/c3ccc(-c4ccc(Cl)c(Cl)c4)o3)nc2c1. The molecule has 29 heavy (non-hydrogen) atoms. The second-order valence-electron chi connectivity index (χ2n) is 6.44. The summed E-state index contributed by atoms with van der Waals surface area (Å²) in [6.07, 6.45) is 1.53. The summed E-state index contributed by atoms with van der Waals surface area (Å²) >= 11 is 12.0. The summed E-state index contributed by atoms with van der Waals surface area (Å²) < 4.78 is 5.81. The Balaban J connectivity index is 1.74. The molecule has 0 unspecified atom stereocenters. The number of aryl methyl sites for hydroxylation is 1. The Bertz CT molecular complexity index is 1380. The number of benzene rings is 2. The fourth-order valence-corrected chi connectivity index (χ4v) is 3.21. The van der Waals surface area contributed by atoms with Gasteiger partial charge in [-0.25, -0.2) is 4.98 Å². The van der Waals surface area contributed by atoms with Crippen molar-refractivity contribution in [2.75, 3.05) is 0 Å². The van der Waals surface area contributed by atoms with E-state index < -0.39 is 0 Å². The van der Waals surface area contributed by atoms with E-state index >= 15 is 0 Å². The number of halogens is 2. The Morgan fingerprint density at radius 1 is 1.14 bits per heavy atom. The zero-order chi connectivity index (χ0) is 20.5. The van der Waals surface area contributed by atoms with Crippen molar-refractivity contribution < 1.29 is 4.42 Å². The van der Waals surface area contributed by atoms with Crippen LogP contribution in [0.5, 0.6) is 0 Å². The van der Waals surface area contributed by atoms with Crippen LogP contribution in [0.25, 0.3) is 33.9 Å². The van der Waals surface area contributed by atoms with E-state index in [-0.39, 0.29) is 17.0 Å². The van der Waals surface area contributed by atoms with Gasteiger partial charge < -0.3 is 9.40 Å². The Labute approximate surface area is 175 Å². The first-order valence-corrected chi connectivity index (χ1v) is 9.38. The van der Waals surface area contributed by atoms with Crippen molar-refractivity contribution in [3.8, 4) is 17.4 Å². The lowest BCUT2D eigenvalue weighted by Crippen LogP contribution is -2.11. The molecule has 0 saturated carbocycles. The number of nitrogens with zero attached hydrogens (tertiary/aromatic N) is 2. The maximum absolute atomic E-state index is 12.4. The molecular weight excluding hydrogens is 409 g/mol. The molecular formula is C22H13Cl2N3O2. The van der Waals surface area contributed by atoms with Crippen LogP contribution in [-0.4, -0.2) is 9.97 Å². The molecule has 0 aliphatic carbocycles. The summed E-state index contributed by atoms with van der Waals surface area (Å²) in [4.78, 5) is 19.4. The molecule has 5 nitrogen and oxygen atoms in total. The molecule has 0 amide bonds. The molecule has 0 atom stereocenters. The Kier molecular flexibility index (Phi) is 4.98. The molecule has 4 rings (SSSR count). The smallest absolute Gasteiger partial charge is 0.259 e. The maximum atomic E-state index is 12.4. The van der Waals surface area contributed by atoms with E-state index in [0.29, 0.717) is 32.5 Å². The third-order valence-corrected chi connectivity index (χ3v) is 5.09. The van der Waals surface area contributed by atoms with Crippen LogP contribution < -0.4 is 5.56 Å². The third kappa shape index (κ3) is 3.81. The first kappa shape index (κ1) is 19.0. The van der Waals surface area contributed by atoms with E-state index in [4.69, 9.17) is 27.6 Å². The minimum absolute atomic E-state index is 0.181. The molecule has 7 heteroatoms. The number of aromatic amines is 1. The minimum atomic E-state index is -0.304. The molecule has 0 spiro atoms. The van der Waals surface area contributed by atoms with E-state index in [2.05, 4.69) is 16.0 Å². The van der Waals surface area contributed by atoms with Crippen molar-refractivity contribution in [2.45, 2.75) is 6.92 Å². The monoisotopic (exact) mass is 421 g/mol. The van der Waals surface area contributed by atoms with Gasteiger partial charge in [0.25, 0.3) is 5.56 Å². The topological polar surface area (TPSA) is 82.7 Å². The van der Waals surface area contributed by atoms with Crippen LogP contribution in [0, 0.1) is 18.3 Å². The van der Waals surface area contributed by atoms with Crippen molar-refractivity contribution >= 4 is 45.8 Å². The summed E-state index contributed by atoms with van der Waals surface area (Å²) in [5.74, 6) is 1.19.